The summed E-state index contributed by atoms with van der Waals surface area (Å²) >= 11 is 3.42. The molecule has 1 aromatic heterocycles. The Bertz CT molecular complexity index is 501. The number of carboxylic acids is 1. The van der Waals surface area contributed by atoms with Crippen LogP contribution in [0.1, 0.15) is 44.2 Å². The van der Waals surface area contributed by atoms with Crippen LogP contribution in [0.5, 0.6) is 0 Å². The number of hydrogen-bond acceptors (Lipinski definition) is 5. The monoisotopic (exact) mass is 312 g/mol. The third kappa shape index (κ3) is 3.18. The van der Waals surface area contributed by atoms with E-state index in [2.05, 4.69) is 15.7 Å². The lowest BCUT2D eigenvalue weighted by Gasteiger charge is -2.38. The van der Waals surface area contributed by atoms with Gasteiger partial charge in [0.1, 0.15) is 9.88 Å². The first-order valence-corrected chi connectivity index (χ1v) is 8.93. The van der Waals surface area contributed by atoms with Crippen LogP contribution in [0.3, 0.4) is 0 Å². The molecule has 0 spiro atoms. The lowest BCUT2D eigenvalue weighted by Crippen LogP contribution is -2.56. The number of thioether (sulfide) groups is 1. The maximum atomic E-state index is 11.8. The van der Waals surface area contributed by atoms with Gasteiger partial charge < -0.3 is 5.11 Å². The van der Waals surface area contributed by atoms with E-state index in [1.165, 1.54) is 0 Å². The summed E-state index contributed by atoms with van der Waals surface area (Å²) in [7, 11) is 0. The molecule has 1 heterocycles. The van der Waals surface area contributed by atoms with Crippen LogP contribution in [-0.4, -0.2) is 32.9 Å². The van der Waals surface area contributed by atoms with E-state index in [-0.39, 0.29) is 0 Å². The van der Waals surface area contributed by atoms with Gasteiger partial charge in [0.05, 0.1) is 0 Å². The Morgan fingerprint density at radius 3 is 2.95 bits per heavy atom. The van der Waals surface area contributed by atoms with Gasteiger partial charge in [-0.3, -0.25) is 10.1 Å². The average Bonchev–Trinajstić information content (AvgIpc) is 3.11. The van der Waals surface area contributed by atoms with Crippen molar-refractivity contribution in [3.63, 3.8) is 0 Å². The number of nitrogens with zero attached hydrogens (tertiary/aromatic N) is 1. The molecule has 0 aliphatic heterocycles. The zero-order valence-corrected chi connectivity index (χ0v) is 13.2. The molecular formula is C14H20N2O2S2. The molecule has 0 saturated heterocycles. The molecule has 0 amide bonds. The van der Waals surface area contributed by atoms with E-state index in [1.54, 1.807) is 23.1 Å². The molecule has 1 aromatic rings. The normalized spacial score (nSPS) is 30.4. The van der Waals surface area contributed by atoms with Crippen LogP contribution in [0, 0.1) is 6.92 Å². The number of rotatable bonds is 5. The minimum Gasteiger partial charge on any atom is -0.480 e. The molecule has 0 bridgehead atoms. The Kier molecular flexibility index (Phi) is 4.06. The highest BCUT2D eigenvalue weighted by atomic mass is 32.2. The second-order valence-electron chi connectivity index (χ2n) is 5.90. The van der Waals surface area contributed by atoms with Crippen molar-refractivity contribution in [3.8, 4) is 0 Å². The van der Waals surface area contributed by atoms with Crippen molar-refractivity contribution in [3.05, 3.63) is 11.1 Å². The summed E-state index contributed by atoms with van der Waals surface area (Å²) in [5, 5.41) is 15.5. The molecule has 2 fully saturated rings. The van der Waals surface area contributed by atoms with Crippen molar-refractivity contribution < 1.29 is 9.90 Å². The van der Waals surface area contributed by atoms with Crippen LogP contribution >= 0.6 is 23.1 Å². The number of hydrogen-bond donors (Lipinski definition) is 2. The Balaban J connectivity index is 1.68. The Morgan fingerprint density at radius 2 is 2.35 bits per heavy atom. The van der Waals surface area contributed by atoms with Crippen molar-refractivity contribution in [1.29, 1.82) is 0 Å². The lowest BCUT2D eigenvalue weighted by molar-refractivity contribution is -0.146. The quantitative estimate of drug-likeness (QED) is 0.875. The van der Waals surface area contributed by atoms with Crippen LogP contribution in [0.2, 0.25) is 0 Å². The second kappa shape index (κ2) is 5.66. The molecular weight excluding hydrogens is 292 g/mol. The molecule has 2 aliphatic carbocycles. The van der Waals surface area contributed by atoms with Crippen molar-refractivity contribution in [2.45, 2.75) is 66.6 Å². The summed E-state index contributed by atoms with van der Waals surface area (Å²) in [6.45, 7) is 2.00. The molecule has 2 atom stereocenters. The van der Waals surface area contributed by atoms with E-state index in [9.17, 15) is 9.90 Å². The molecule has 0 aromatic carbocycles. The predicted octanol–water partition coefficient (Wildman–Crippen LogP) is 3.06. The molecule has 6 heteroatoms. The van der Waals surface area contributed by atoms with Crippen LogP contribution in [0.4, 0.5) is 0 Å². The van der Waals surface area contributed by atoms with E-state index < -0.39 is 11.5 Å². The molecule has 110 valence electrons. The number of thiazole rings is 1. The fourth-order valence-corrected chi connectivity index (χ4v) is 5.29. The third-order valence-corrected chi connectivity index (χ3v) is 6.40. The summed E-state index contributed by atoms with van der Waals surface area (Å²) in [5.74, 6) is -0.676. The fraction of sp³-hybridized carbons (Fsp3) is 0.714. The predicted molar refractivity (Wildman–Crippen MR) is 81.5 cm³/mol. The summed E-state index contributed by atoms with van der Waals surface area (Å²) in [6.07, 6.45) is 5.78. The highest BCUT2D eigenvalue weighted by Crippen LogP contribution is 2.40. The summed E-state index contributed by atoms with van der Waals surface area (Å²) in [5.41, 5.74) is 0.345. The molecule has 4 nitrogen and oxygen atoms in total. The number of aryl methyl sites for hydroxylation is 1. The van der Waals surface area contributed by atoms with Gasteiger partial charge in [0.2, 0.25) is 0 Å². The Morgan fingerprint density at radius 1 is 1.55 bits per heavy atom. The van der Waals surface area contributed by atoms with Crippen LogP contribution < -0.4 is 5.32 Å². The first-order valence-electron chi connectivity index (χ1n) is 7.17. The van der Waals surface area contributed by atoms with Gasteiger partial charge in [0, 0.05) is 22.4 Å². The maximum Gasteiger partial charge on any atom is 0.323 e. The largest absolute Gasteiger partial charge is 0.480 e. The molecule has 2 saturated carbocycles. The van der Waals surface area contributed by atoms with Gasteiger partial charge >= 0.3 is 5.97 Å². The van der Waals surface area contributed by atoms with Crippen LogP contribution in [0.25, 0.3) is 0 Å². The van der Waals surface area contributed by atoms with E-state index in [0.29, 0.717) is 17.7 Å². The zero-order valence-electron chi connectivity index (χ0n) is 11.6. The van der Waals surface area contributed by atoms with Crippen LogP contribution in [0.15, 0.2) is 9.72 Å². The van der Waals surface area contributed by atoms with Crippen molar-refractivity contribution in [2.24, 2.45) is 0 Å². The summed E-state index contributed by atoms with van der Waals surface area (Å²) in [4.78, 5) is 16.2. The molecule has 2 aliphatic rings. The Hall–Kier alpha value is -0.590. The highest BCUT2D eigenvalue weighted by molar-refractivity contribution is 8.01. The fourth-order valence-electron chi connectivity index (χ4n) is 2.86. The van der Waals surface area contributed by atoms with Gasteiger partial charge in [-0.1, -0.05) is 11.8 Å². The van der Waals surface area contributed by atoms with Crippen LogP contribution in [-0.2, 0) is 4.79 Å². The number of aliphatic carboxylic acids is 1. The van der Waals surface area contributed by atoms with Gasteiger partial charge in [-0.25, -0.2) is 4.98 Å². The number of carboxylic acid groups (broad SMARTS) is 1. The van der Waals surface area contributed by atoms with Gasteiger partial charge in [-0.15, -0.1) is 11.3 Å². The van der Waals surface area contributed by atoms with E-state index in [0.717, 1.165) is 42.1 Å². The number of nitrogens with one attached hydrogen (secondary N) is 1. The van der Waals surface area contributed by atoms with E-state index in [1.807, 2.05) is 6.92 Å². The van der Waals surface area contributed by atoms with Crippen molar-refractivity contribution in [2.75, 3.05) is 0 Å². The second-order valence-corrected chi connectivity index (χ2v) is 8.30. The molecule has 0 radical (unpaired) electrons. The number of carbonyl (C=O) groups is 1. The topological polar surface area (TPSA) is 62.2 Å². The van der Waals surface area contributed by atoms with Gasteiger partial charge in [0.15, 0.2) is 0 Å². The SMILES string of the molecule is Cc1csc(SC2CCCC(NC3CC3)(C(=O)O)C2)n1. The minimum atomic E-state index is -0.705. The minimum absolute atomic E-state index is 0.358. The standard InChI is InChI=1S/C14H20N2O2S2/c1-9-8-19-13(15-9)20-11-3-2-6-14(7-11,12(17)18)16-10-4-5-10/h8,10-11,16H,2-7H2,1H3,(H,17,18). The van der Waals surface area contributed by atoms with Gasteiger partial charge in [-0.2, -0.15) is 0 Å². The highest BCUT2D eigenvalue weighted by Gasteiger charge is 2.46. The Labute approximate surface area is 127 Å². The third-order valence-electron chi connectivity index (χ3n) is 4.04. The molecule has 2 unspecified atom stereocenters. The average molecular weight is 312 g/mol. The van der Waals surface area contributed by atoms with Gasteiger partial charge in [-0.05, 0) is 45.4 Å². The van der Waals surface area contributed by atoms with Crippen molar-refractivity contribution in [1.82, 2.24) is 10.3 Å². The molecule has 20 heavy (non-hydrogen) atoms. The molecule has 3 rings (SSSR count). The smallest absolute Gasteiger partial charge is 0.323 e. The first kappa shape index (κ1) is 14.4. The number of aromatic nitrogens is 1. The van der Waals surface area contributed by atoms with Gasteiger partial charge in [0.25, 0.3) is 0 Å². The zero-order chi connectivity index (χ0) is 14.2. The summed E-state index contributed by atoms with van der Waals surface area (Å²) < 4.78 is 1.07. The maximum absolute atomic E-state index is 11.8. The van der Waals surface area contributed by atoms with E-state index in [4.69, 9.17) is 0 Å². The van der Waals surface area contributed by atoms with E-state index >= 15 is 0 Å². The lowest BCUT2D eigenvalue weighted by atomic mass is 9.81. The first-order chi connectivity index (χ1) is 9.57. The van der Waals surface area contributed by atoms with Crippen molar-refractivity contribution >= 4 is 29.1 Å². The molecule has 2 N–H and O–H groups in total. The summed E-state index contributed by atoms with van der Waals surface area (Å²) in [6, 6.07) is 0.428.